The number of hydrazone groups is 1. The molecule has 2 amide bonds. The third-order valence-corrected chi connectivity index (χ3v) is 7.21. The predicted molar refractivity (Wildman–Crippen MR) is 166 cm³/mol. The Morgan fingerprint density at radius 1 is 0.857 bits per heavy atom. The average Bonchev–Trinajstić information content (AvgIpc) is 3.02. The molecular weight excluding hydrogens is 571 g/mol. The van der Waals surface area contributed by atoms with Gasteiger partial charge in [0, 0.05) is 46.3 Å². The molecule has 0 spiro atoms. The summed E-state index contributed by atoms with van der Waals surface area (Å²) < 4.78 is 0. The molecule has 10 heteroatoms. The highest BCUT2D eigenvalue weighted by molar-refractivity contribution is 6.37. The van der Waals surface area contributed by atoms with Gasteiger partial charge in [-0.1, -0.05) is 102 Å². The lowest BCUT2D eigenvalue weighted by molar-refractivity contribution is -0.126. The average molecular weight is 600 g/mol. The first-order chi connectivity index (χ1) is 20.4. The summed E-state index contributed by atoms with van der Waals surface area (Å²) in [6, 6.07) is 32.0. The second kappa shape index (κ2) is 14.7. The van der Waals surface area contributed by atoms with Crippen molar-refractivity contribution in [3.63, 3.8) is 0 Å². The molecule has 0 aliphatic carbocycles. The van der Waals surface area contributed by atoms with Crippen molar-refractivity contribution in [2.45, 2.75) is 12.5 Å². The summed E-state index contributed by atoms with van der Waals surface area (Å²) >= 11 is 12.7. The van der Waals surface area contributed by atoms with E-state index in [9.17, 15) is 9.59 Å². The molecule has 4 aromatic rings. The number of hydrogen-bond donors (Lipinski definition) is 3. The molecule has 0 saturated carbocycles. The molecule has 0 heterocycles. The fraction of sp³-hybridized carbons (Fsp3) is 0.0938. The third-order valence-electron chi connectivity index (χ3n) is 6.55. The van der Waals surface area contributed by atoms with E-state index in [2.05, 4.69) is 39.8 Å². The second-order valence-electron chi connectivity index (χ2n) is 9.28. The monoisotopic (exact) mass is 598 g/mol. The van der Waals surface area contributed by atoms with Crippen LogP contribution in [-0.4, -0.2) is 29.2 Å². The number of carbonyl (C=O) groups is 2. The van der Waals surface area contributed by atoms with Crippen LogP contribution in [0.15, 0.2) is 119 Å². The zero-order chi connectivity index (χ0) is 29.9. The molecule has 0 unspecified atom stereocenters. The van der Waals surface area contributed by atoms with Crippen molar-refractivity contribution < 1.29 is 9.59 Å². The fourth-order valence-corrected chi connectivity index (χ4v) is 4.92. The molecular formula is C32H28Cl2N6O2. The van der Waals surface area contributed by atoms with Gasteiger partial charge in [0.2, 0.25) is 5.91 Å². The van der Waals surface area contributed by atoms with Gasteiger partial charge in [-0.05, 0) is 47.0 Å². The number of carbonyl (C=O) groups excluding carboxylic acids is 2. The number of halogens is 2. The number of hydrogen-bond acceptors (Lipinski definition) is 5. The summed E-state index contributed by atoms with van der Waals surface area (Å²) in [5, 5.41) is 9.53. The lowest BCUT2D eigenvalue weighted by Crippen LogP contribution is -2.33. The van der Waals surface area contributed by atoms with Crippen molar-refractivity contribution in [3.8, 4) is 0 Å². The molecule has 42 heavy (non-hydrogen) atoms. The largest absolute Gasteiger partial charge is 0.334 e. The van der Waals surface area contributed by atoms with Crippen molar-refractivity contribution in [2.24, 2.45) is 16.1 Å². The van der Waals surface area contributed by atoms with E-state index >= 15 is 0 Å². The molecule has 4 aromatic carbocycles. The molecule has 4 rings (SSSR count). The van der Waals surface area contributed by atoms with Crippen LogP contribution in [0.2, 0.25) is 10.0 Å². The van der Waals surface area contributed by atoms with E-state index in [0.717, 1.165) is 16.7 Å². The molecule has 8 nitrogen and oxygen atoms in total. The van der Waals surface area contributed by atoms with Gasteiger partial charge < -0.3 is 10.7 Å². The zero-order valence-electron chi connectivity index (χ0n) is 22.5. The topological polar surface area (TPSA) is 124 Å². The smallest absolute Gasteiger partial charge is 0.265 e. The lowest BCUT2D eigenvalue weighted by atomic mass is 9.90. The van der Waals surface area contributed by atoms with Crippen molar-refractivity contribution in [2.75, 3.05) is 6.54 Å². The Hall–Kier alpha value is -4.79. The number of nitrogens with zero attached hydrogens (tertiary/aromatic N) is 3. The Morgan fingerprint density at radius 2 is 1.43 bits per heavy atom. The molecule has 0 radical (unpaired) electrons. The zero-order valence-corrected chi connectivity index (χ0v) is 24.0. The van der Waals surface area contributed by atoms with E-state index in [-0.39, 0.29) is 24.3 Å². The van der Waals surface area contributed by atoms with E-state index in [4.69, 9.17) is 34.6 Å². The Balaban J connectivity index is 1.65. The van der Waals surface area contributed by atoms with Gasteiger partial charge in [-0.3, -0.25) is 14.9 Å². The van der Waals surface area contributed by atoms with Gasteiger partial charge in [0.15, 0.2) is 0 Å². The van der Waals surface area contributed by atoms with E-state index in [0.29, 0.717) is 27.7 Å². The number of rotatable bonds is 9. The Kier molecular flexibility index (Phi) is 10.6. The van der Waals surface area contributed by atoms with E-state index in [1.807, 2.05) is 36.4 Å². The molecule has 0 aromatic heterocycles. The van der Waals surface area contributed by atoms with Gasteiger partial charge in [-0.2, -0.15) is 0 Å². The van der Waals surface area contributed by atoms with Gasteiger partial charge in [0.1, 0.15) is 0 Å². The highest BCUT2D eigenvalue weighted by atomic mass is 35.5. The van der Waals surface area contributed by atoms with Gasteiger partial charge in [0.25, 0.3) is 11.9 Å². The summed E-state index contributed by atoms with van der Waals surface area (Å²) in [6.45, 7) is 0.659. The van der Waals surface area contributed by atoms with Crippen molar-refractivity contribution in [1.82, 2.24) is 10.2 Å². The van der Waals surface area contributed by atoms with E-state index < -0.39 is 5.91 Å². The summed E-state index contributed by atoms with van der Waals surface area (Å²) in [5.74, 6) is 3.98. The highest BCUT2D eigenvalue weighted by Gasteiger charge is 2.21. The summed E-state index contributed by atoms with van der Waals surface area (Å²) in [6.07, 6.45) is 3.10. The molecule has 0 atom stereocenters. The van der Waals surface area contributed by atoms with Crippen molar-refractivity contribution >= 4 is 47.1 Å². The minimum atomic E-state index is -0.512. The van der Waals surface area contributed by atoms with Gasteiger partial charge in [-0.15, -0.1) is 10.2 Å². The summed E-state index contributed by atoms with van der Waals surface area (Å²) in [7, 11) is 0. The fourth-order valence-electron chi connectivity index (χ4n) is 4.40. The minimum Gasteiger partial charge on any atom is -0.334 e. The molecule has 0 aliphatic rings. The van der Waals surface area contributed by atoms with Gasteiger partial charge >= 0.3 is 0 Å². The van der Waals surface area contributed by atoms with Gasteiger partial charge in [0.05, 0.1) is 0 Å². The Morgan fingerprint density at radius 3 is 1.95 bits per heavy atom. The number of guanidine groups is 1. The van der Waals surface area contributed by atoms with Crippen LogP contribution in [0.1, 0.15) is 38.5 Å². The second-order valence-corrected chi connectivity index (χ2v) is 10.1. The molecule has 0 aliphatic heterocycles. The van der Waals surface area contributed by atoms with E-state index in [1.165, 1.54) is 6.08 Å². The first-order valence-electron chi connectivity index (χ1n) is 13.0. The number of benzene rings is 4. The Bertz CT molecular complexity index is 1530. The van der Waals surface area contributed by atoms with Gasteiger partial charge in [-0.25, -0.2) is 5.53 Å². The standard InChI is InChI=1S/C32H28Cl2N6O2/c33-28-12-7-13-29(34)26(28)18-19-30(41)40(20-22-14-16-25(17-15-22)31(42)37-32(38-35)39-36)21-27(23-8-3-1-4-9-23)24-10-5-2-6-11-24/h1-19,27,35H,20-21,36H2,(H,37,39,42)/b19-18+,38-35?. The quantitative estimate of drug-likeness (QED) is 0.0486. The maximum atomic E-state index is 13.7. The molecule has 0 fully saturated rings. The summed E-state index contributed by atoms with van der Waals surface area (Å²) in [5.41, 5.74) is 10.8. The van der Waals surface area contributed by atoms with Crippen molar-refractivity contribution in [3.05, 3.63) is 147 Å². The summed E-state index contributed by atoms with van der Waals surface area (Å²) in [4.78, 5) is 28.0. The van der Waals surface area contributed by atoms with Crippen LogP contribution >= 0.6 is 23.2 Å². The van der Waals surface area contributed by atoms with Crippen molar-refractivity contribution in [1.29, 1.82) is 5.53 Å². The molecule has 0 saturated heterocycles. The number of nitrogens with two attached hydrogens (primary N) is 1. The Labute approximate surface area is 254 Å². The van der Waals surface area contributed by atoms with Crippen LogP contribution < -0.4 is 11.2 Å². The van der Waals surface area contributed by atoms with Crippen LogP contribution in [-0.2, 0) is 11.3 Å². The number of nitrogens with one attached hydrogen (secondary N) is 2. The normalized spacial score (nSPS) is 11.5. The maximum absolute atomic E-state index is 13.7. The highest BCUT2D eigenvalue weighted by Crippen LogP contribution is 2.28. The van der Waals surface area contributed by atoms with Crippen LogP contribution in [0.3, 0.4) is 0 Å². The SMILES string of the molecule is N=N/C(=N\N)NC(=O)c1ccc(CN(CC(c2ccccc2)c2ccccc2)C(=O)/C=C/c2c(Cl)cccc2Cl)cc1. The molecule has 4 N–H and O–H groups in total. The maximum Gasteiger partial charge on any atom is 0.265 e. The molecule has 212 valence electrons. The third kappa shape index (κ3) is 7.90. The number of amides is 2. The van der Waals surface area contributed by atoms with Crippen LogP contribution in [0.4, 0.5) is 0 Å². The van der Waals surface area contributed by atoms with Crippen LogP contribution in [0, 0.1) is 5.53 Å². The van der Waals surface area contributed by atoms with Crippen LogP contribution in [0.5, 0.6) is 0 Å². The first kappa shape index (κ1) is 30.2. The predicted octanol–water partition coefficient (Wildman–Crippen LogP) is 6.86. The van der Waals surface area contributed by atoms with Crippen LogP contribution in [0.25, 0.3) is 6.08 Å². The first-order valence-corrected chi connectivity index (χ1v) is 13.7. The minimum absolute atomic E-state index is 0.0960. The van der Waals surface area contributed by atoms with E-state index in [1.54, 1.807) is 53.4 Å². The molecule has 0 bridgehead atoms. The lowest BCUT2D eigenvalue weighted by Gasteiger charge is -2.28.